The smallest absolute Gasteiger partial charge is 0.243 e. The van der Waals surface area contributed by atoms with Crippen molar-refractivity contribution in [1.82, 2.24) is 4.31 Å². The number of aryl methyl sites for hydroxylation is 1. The van der Waals surface area contributed by atoms with Crippen LogP contribution in [0, 0.1) is 29.5 Å². The Balaban J connectivity index is 1.95. The molecule has 0 unspecified atom stereocenters. The molecule has 1 aliphatic heterocycles. The molecular weight excluding hydrogens is 317 g/mol. The van der Waals surface area contributed by atoms with Gasteiger partial charge in [0.2, 0.25) is 10.0 Å². The zero-order valence-corrected chi connectivity index (χ0v) is 14.9. The second kappa shape index (κ2) is 5.26. The SMILES string of the molecule is COC[C@@]12CN(S(=O)(=O)c3cc(F)ccc3C)C[C@@H]1C(C)(C)C2. The van der Waals surface area contributed by atoms with Crippen molar-refractivity contribution in [2.24, 2.45) is 16.7 Å². The van der Waals surface area contributed by atoms with Crippen LogP contribution in [0.5, 0.6) is 0 Å². The highest BCUT2D eigenvalue weighted by Gasteiger charge is 2.64. The van der Waals surface area contributed by atoms with Crippen LogP contribution in [0.15, 0.2) is 23.1 Å². The van der Waals surface area contributed by atoms with Crippen molar-refractivity contribution in [1.29, 1.82) is 0 Å². The number of nitrogens with zero attached hydrogens (tertiary/aromatic N) is 1. The van der Waals surface area contributed by atoms with Crippen molar-refractivity contribution in [2.75, 3.05) is 26.8 Å². The first-order valence-electron chi connectivity index (χ1n) is 7.88. The van der Waals surface area contributed by atoms with Crippen LogP contribution in [0.2, 0.25) is 0 Å². The fourth-order valence-electron chi connectivity index (χ4n) is 4.74. The summed E-state index contributed by atoms with van der Waals surface area (Å²) < 4.78 is 46.4. The molecule has 2 atom stereocenters. The van der Waals surface area contributed by atoms with Crippen LogP contribution >= 0.6 is 0 Å². The van der Waals surface area contributed by atoms with Gasteiger partial charge in [-0.3, -0.25) is 0 Å². The topological polar surface area (TPSA) is 46.6 Å². The average molecular weight is 341 g/mol. The van der Waals surface area contributed by atoms with Crippen LogP contribution in [0.3, 0.4) is 0 Å². The van der Waals surface area contributed by atoms with Gasteiger partial charge in [-0.15, -0.1) is 0 Å². The predicted molar refractivity (Wildman–Crippen MR) is 86.1 cm³/mol. The van der Waals surface area contributed by atoms with Gasteiger partial charge in [0.25, 0.3) is 0 Å². The Morgan fingerprint density at radius 1 is 1.39 bits per heavy atom. The standard InChI is InChI=1S/C17H24FNO3S/c1-12-5-6-13(18)7-14(12)23(20,21)19-8-15-16(2,3)9-17(15,10-19)11-22-4/h5-7,15H,8-11H2,1-4H3/t15-,17-/m1/s1. The van der Waals surface area contributed by atoms with Gasteiger partial charge in [-0.05, 0) is 42.4 Å². The fourth-order valence-corrected chi connectivity index (χ4v) is 6.52. The van der Waals surface area contributed by atoms with Crippen LogP contribution in [0.25, 0.3) is 0 Å². The summed E-state index contributed by atoms with van der Waals surface area (Å²) in [6, 6.07) is 3.93. The molecule has 0 radical (unpaired) electrons. The summed E-state index contributed by atoms with van der Waals surface area (Å²) in [7, 11) is -2.03. The molecule has 3 rings (SSSR count). The molecule has 4 nitrogen and oxygen atoms in total. The molecule has 1 aromatic rings. The van der Waals surface area contributed by atoms with E-state index in [-0.39, 0.29) is 21.6 Å². The molecule has 2 fully saturated rings. The molecule has 0 N–H and O–H groups in total. The summed E-state index contributed by atoms with van der Waals surface area (Å²) >= 11 is 0. The first-order chi connectivity index (χ1) is 10.6. The molecule has 2 aliphatic rings. The summed E-state index contributed by atoms with van der Waals surface area (Å²) in [5, 5.41) is 0. The molecule has 0 aromatic heterocycles. The molecule has 1 saturated heterocycles. The maximum Gasteiger partial charge on any atom is 0.243 e. The van der Waals surface area contributed by atoms with Gasteiger partial charge in [-0.2, -0.15) is 4.31 Å². The molecule has 1 aromatic carbocycles. The van der Waals surface area contributed by atoms with Crippen LogP contribution in [0.1, 0.15) is 25.8 Å². The molecule has 128 valence electrons. The quantitative estimate of drug-likeness (QED) is 0.846. The average Bonchev–Trinajstić information content (AvgIpc) is 2.77. The number of benzene rings is 1. The number of methoxy groups -OCH3 is 1. The van der Waals surface area contributed by atoms with E-state index in [4.69, 9.17) is 4.74 Å². The minimum absolute atomic E-state index is 0.0733. The minimum atomic E-state index is -3.69. The first-order valence-corrected chi connectivity index (χ1v) is 9.32. The number of rotatable bonds is 4. The third kappa shape index (κ3) is 2.51. The molecular formula is C17H24FNO3S. The Bertz CT molecular complexity index is 731. The van der Waals surface area contributed by atoms with E-state index in [1.54, 1.807) is 14.0 Å². The second-order valence-electron chi connectivity index (χ2n) is 7.72. The summed E-state index contributed by atoms with van der Waals surface area (Å²) in [4.78, 5) is 0.0733. The molecule has 1 heterocycles. The first kappa shape index (κ1) is 16.9. The third-order valence-electron chi connectivity index (χ3n) is 5.57. The van der Waals surface area contributed by atoms with Crippen molar-refractivity contribution in [3.8, 4) is 0 Å². The molecule has 1 aliphatic carbocycles. The molecule has 23 heavy (non-hydrogen) atoms. The lowest BCUT2D eigenvalue weighted by atomic mass is 9.48. The van der Waals surface area contributed by atoms with Crippen molar-refractivity contribution in [2.45, 2.75) is 32.1 Å². The number of hydrogen-bond donors (Lipinski definition) is 0. The van der Waals surface area contributed by atoms with Crippen molar-refractivity contribution in [3.63, 3.8) is 0 Å². The van der Waals surface area contributed by atoms with E-state index in [9.17, 15) is 12.8 Å². The normalized spacial score (nSPS) is 30.0. The number of fused-ring (bicyclic) bond motifs is 1. The van der Waals surface area contributed by atoms with Gasteiger partial charge in [0.05, 0.1) is 11.5 Å². The van der Waals surface area contributed by atoms with E-state index in [0.29, 0.717) is 25.3 Å². The Labute approximate surface area is 137 Å². The largest absolute Gasteiger partial charge is 0.384 e. The summed E-state index contributed by atoms with van der Waals surface area (Å²) in [6.45, 7) is 7.55. The Hall–Kier alpha value is -0.980. The zero-order valence-electron chi connectivity index (χ0n) is 14.1. The fraction of sp³-hybridized carbons (Fsp3) is 0.647. The monoisotopic (exact) mass is 341 g/mol. The maximum absolute atomic E-state index is 13.5. The lowest BCUT2D eigenvalue weighted by Crippen LogP contribution is -2.55. The summed E-state index contributed by atoms with van der Waals surface area (Å²) in [5.74, 6) is -0.248. The van der Waals surface area contributed by atoms with Crippen molar-refractivity contribution < 1.29 is 17.5 Å². The molecule has 0 bridgehead atoms. The number of hydrogen-bond acceptors (Lipinski definition) is 3. The highest BCUT2D eigenvalue weighted by atomic mass is 32.2. The van der Waals surface area contributed by atoms with E-state index in [1.807, 2.05) is 0 Å². The molecule has 6 heteroatoms. The number of ether oxygens (including phenoxy) is 1. The molecule has 0 amide bonds. The van der Waals surface area contributed by atoms with Crippen LogP contribution < -0.4 is 0 Å². The lowest BCUT2D eigenvalue weighted by molar-refractivity contribution is -0.106. The van der Waals surface area contributed by atoms with E-state index >= 15 is 0 Å². The second-order valence-corrected chi connectivity index (χ2v) is 9.63. The van der Waals surface area contributed by atoms with Gasteiger partial charge in [0.1, 0.15) is 5.82 Å². The van der Waals surface area contributed by atoms with Gasteiger partial charge in [-0.25, -0.2) is 12.8 Å². The Morgan fingerprint density at radius 3 is 2.70 bits per heavy atom. The van der Waals surface area contributed by atoms with Gasteiger partial charge in [-0.1, -0.05) is 19.9 Å². The van der Waals surface area contributed by atoms with E-state index in [0.717, 1.165) is 12.5 Å². The highest BCUT2D eigenvalue weighted by Crippen LogP contribution is 2.63. The van der Waals surface area contributed by atoms with E-state index in [1.165, 1.54) is 16.4 Å². The van der Waals surface area contributed by atoms with Crippen LogP contribution in [-0.4, -0.2) is 39.5 Å². The number of sulfonamides is 1. The summed E-state index contributed by atoms with van der Waals surface area (Å²) in [6.07, 6.45) is 0.951. The van der Waals surface area contributed by atoms with Gasteiger partial charge in [0.15, 0.2) is 0 Å². The highest BCUT2D eigenvalue weighted by molar-refractivity contribution is 7.89. The maximum atomic E-state index is 13.5. The van der Waals surface area contributed by atoms with Crippen LogP contribution in [-0.2, 0) is 14.8 Å². The Kier molecular flexibility index (Phi) is 3.86. The van der Waals surface area contributed by atoms with E-state index < -0.39 is 15.8 Å². The van der Waals surface area contributed by atoms with E-state index in [2.05, 4.69) is 13.8 Å². The summed E-state index contributed by atoms with van der Waals surface area (Å²) in [5.41, 5.74) is 0.581. The van der Waals surface area contributed by atoms with Crippen molar-refractivity contribution in [3.05, 3.63) is 29.6 Å². The molecule has 1 saturated carbocycles. The van der Waals surface area contributed by atoms with Gasteiger partial charge < -0.3 is 4.74 Å². The number of halogens is 1. The van der Waals surface area contributed by atoms with Crippen LogP contribution in [0.4, 0.5) is 4.39 Å². The zero-order chi connectivity index (χ0) is 17.0. The third-order valence-corrected chi connectivity index (χ3v) is 7.52. The lowest BCUT2D eigenvalue weighted by Gasteiger charge is -2.56. The van der Waals surface area contributed by atoms with Gasteiger partial charge >= 0.3 is 0 Å². The predicted octanol–water partition coefficient (Wildman–Crippen LogP) is 2.82. The van der Waals surface area contributed by atoms with Gasteiger partial charge in [0, 0.05) is 25.6 Å². The Morgan fingerprint density at radius 2 is 2.09 bits per heavy atom. The molecule has 0 spiro atoms. The van der Waals surface area contributed by atoms with Crippen molar-refractivity contribution >= 4 is 10.0 Å². The minimum Gasteiger partial charge on any atom is -0.384 e.